The SMILES string of the molecule is CC(C)O.CCCCCCCCCCCCc1ccc(S(=O)(=O)O)c(CCCCCCCCCCCC)c1CCCCCCCCCCCC.[OH-].[OH-].[Ti]. The molecule has 1 aromatic carbocycles. The molecule has 1 aromatic rings. The summed E-state index contributed by atoms with van der Waals surface area (Å²) in [5, 5.41) is 8.06. The molecule has 0 aliphatic heterocycles. The van der Waals surface area contributed by atoms with Gasteiger partial charge in [0.25, 0.3) is 10.1 Å². The van der Waals surface area contributed by atoms with Gasteiger partial charge in [0.2, 0.25) is 0 Å². The summed E-state index contributed by atoms with van der Waals surface area (Å²) < 4.78 is 35.3. The van der Waals surface area contributed by atoms with Gasteiger partial charge < -0.3 is 16.1 Å². The molecular weight excluding hydrogens is 716 g/mol. The standard InChI is InChI=1S/C42H78O3S.C3H8O.2H2O.Ti/c1-4-7-10-13-16-19-22-25-28-31-34-39-37-38-42(46(43,44)45)41(36-33-30-27-24-21-18-15-12-9-6-3)40(39)35-32-29-26-23-20-17-14-11-8-5-2;1-3(2)4;;;/h37-38H,4-36H2,1-3H3,(H,43,44,45);3-4H,1-2H3;2*1H2;/p-2. The minimum absolute atomic E-state index is 0. The van der Waals surface area contributed by atoms with E-state index in [4.69, 9.17) is 5.11 Å². The van der Waals surface area contributed by atoms with Crippen LogP contribution in [-0.2, 0) is 51.1 Å². The van der Waals surface area contributed by atoms with Gasteiger partial charge in [-0.15, -0.1) is 0 Å². The van der Waals surface area contributed by atoms with Crippen LogP contribution < -0.4 is 0 Å². The summed E-state index contributed by atoms with van der Waals surface area (Å²) in [6.45, 7) is 10.3. The monoisotopic (exact) mass is 805 g/mol. The molecule has 8 heteroatoms. The maximum Gasteiger partial charge on any atom is 0.294 e. The van der Waals surface area contributed by atoms with Crippen LogP contribution in [0.1, 0.15) is 244 Å². The van der Waals surface area contributed by atoms with Gasteiger partial charge in [-0.1, -0.05) is 200 Å². The smallest absolute Gasteiger partial charge is 0.294 e. The second-order valence-corrected chi connectivity index (χ2v) is 16.9. The second kappa shape index (κ2) is 42.9. The Kier molecular flexibility index (Phi) is 48.0. The van der Waals surface area contributed by atoms with Crippen molar-refractivity contribution in [2.45, 2.75) is 258 Å². The van der Waals surface area contributed by atoms with Gasteiger partial charge in [-0.05, 0) is 75.1 Å². The number of hydrogen-bond donors (Lipinski definition) is 2. The number of aliphatic hydroxyl groups is 1. The van der Waals surface area contributed by atoms with Crippen molar-refractivity contribution in [3.8, 4) is 0 Å². The van der Waals surface area contributed by atoms with Crippen molar-refractivity contribution in [2.75, 3.05) is 0 Å². The first kappa shape index (κ1) is 59.4. The van der Waals surface area contributed by atoms with Gasteiger partial charge in [-0.25, -0.2) is 0 Å². The Hall–Kier alpha value is -0.276. The first-order valence-corrected chi connectivity index (χ1v) is 23.4. The van der Waals surface area contributed by atoms with Crippen LogP contribution in [0.4, 0.5) is 0 Å². The second-order valence-electron chi connectivity index (χ2n) is 15.5. The molecule has 0 aliphatic rings. The molecular formula is C45H88O6STi-2. The predicted octanol–water partition coefficient (Wildman–Crippen LogP) is 14.4. The van der Waals surface area contributed by atoms with Crippen LogP contribution in [-0.4, -0.2) is 35.1 Å². The third-order valence-corrected chi connectivity index (χ3v) is 11.1. The van der Waals surface area contributed by atoms with Crippen LogP contribution in [0.3, 0.4) is 0 Å². The van der Waals surface area contributed by atoms with Gasteiger partial charge in [0.1, 0.15) is 0 Å². The molecule has 0 bridgehead atoms. The summed E-state index contributed by atoms with van der Waals surface area (Å²) in [7, 11) is -4.23. The maximum atomic E-state index is 12.5. The van der Waals surface area contributed by atoms with E-state index in [1.54, 1.807) is 19.9 Å². The zero-order valence-corrected chi connectivity index (χ0v) is 38.0. The summed E-state index contributed by atoms with van der Waals surface area (Å²) in [4.78, 5) is 0.178. The van der Waals surface area contributed by atoms with Crippen LogP contribution in [0, 0.1) is 0 Å². The van der Waals surface area contributed by atoms with Gasteiger partial charge in [-0.2, -0.15) is 8.42 Å². The Balaban J connectivity index is -0.00000162. The van der Waals surface area contributed by atoms with Crippen molar-refractivity contribution in [1.82, 2.24) is 0 Å². The van der Waals surface area contributed by atoms with Crippen LogP contribution in [0.15, 0.2) is 17.0 Å². The van der Waals surface area contributed by atoms with Crippen LogP contribution in [0.5, 0.6) is 0 Å². The average molecular weight is 805 g/mol. The molecule has 53 heavy (non-hydrogen) atoms. The molecule has 0 radical (unpaired) electrons. The van der Waals surface area contributed by atoms with Gasteiger partial charge in [0.05, 0.1) is 4.90 Å². The van der Waals surface area contributed by atoms with Crippen LogP contribution >= 0.6 is 0 Å². The molecule has 0 aliphatic carbocycles. The van der Waals surface area contributed by atoms with Crippen molar-refractivity contribution in [1.29, 1.82) is 0 Å². The van der Waals surface area contributed by atoms with Crippen molar-refractivity contribution in [3.63, 3.8) is 0 Å². The van der Waals surface area contributed by atoms with E-state index in [-0.39, 0.29) is 43.7 Å². The number of benzene rings is 1. The minimum atomic E-state index is -4.23. The summed E-state index contributed by atoms with van der Waals surface area (Å²) >= 11 is 0. The van der Waals surface area contributed by atoms with E-state index in [0.29, 0.717) is 0 Å². The van der Waals surface area contributed by atoms with E-state index in [1.807, 2.05) is 6.07 Å². The molecule has 4 N–H and O–H groups in total. The number of unbranched alkanes of at least 4 members (excludes halogenated alkanes) is 27. The zero-order chi connectivity index (χ0) is 37.1. The molecule has 0 aromatic heterocycles. The number of aryl methyl sites for hydroxylation is 1. The molecule has 0 saturated carbocycles. The van der Waals surface area contributed by atoms with E-state index < -0.39 is 10.1 Å². The summed E-state index contributed by atoms with van der Waals surface area (Å²) in [6.07, 6.45) is 41.6. The normalized spacial score (nSPS) is 11.0. The fourth-order valence-corrected chi connectivity index (χ4v) is 7.94. The third-order valence-electron chi connectivity index (χ3n) is 10.1. The fourth-order valence-electron chi connectivity index (χ4n) is 7.16. The fraction of sp³-hybridized carbons (Fsp3) is 0.867. The Morgan fingerprint density at radius 1 is 0.453 bits per heavy atom. The first-order chi connectivity index (χ1) is 24.2. The Labute approximate surface area is 345 Å². The molecule has 0 amide bonds. The summed E-state index contributed by atoms with van der Waals surface area (Å²) in [6, 6.07) is 3.75. The Bertz CT molecular complexity index is 983. The molecule has 0 saturated heterocycles. The number of hydrogen-bond acceptors (Lipinski definition) is 5. The van der Waals surface area contributed by atoms with Crippen LogP contribution in [0.25, 0.3) is 0 Å². The average Bonchev–Trinajstić information content (AvgIpc) is 3.07. The molecule has 0 atom stereocenters. The molecule has 0 unspecified atom stereocenters. The van der Waals surface area contributed by atoms with E-state index >= 15 is 0 Å². The van der Waals surface area contributed by atoms with E-state index in [9.17, 15) is 13.0 Å². The quantitative estimate of drug-likeness (QED) is 0.0404. The van der Waals surface area contributed by atoms with Crippen molar-refractivity contribution < 1.29 is 50.7 Å². The van der Waals surface area contributed by atoms with E-state index in [2.05, 4.69) is 20.8 Å². The minimum Gasteiger partial charge on any atom is -0.870 e. The van der Waals surface area contributed by atoms with Gasteiger partial charge in [-0.3, -0.25) is 4.55 Å². The van der Waals surface area contributed by atoms with Crippen LogP contribution in [0.2, 0.25) is 0 Å². The molecule has 1 rings (SSSR count). The molecule has 0 spiro atoms. The van der Waals surface area contributed by atoms with E-state index in [0.717, 1.165) is 44.1 Å². The summed E-state index contributed by atoms with van der Waals surface area (Å²) in [5.41, 5.74) is 3.52. The molecule has 0 heterocycles. The molecule has 6 nitrogen and oxygen atoms in total. The van der Waals surface area contributed by atoms with Crippen molar-refractivity contribution >= 4 is 10.1 Å². The maximum absolute atomic E-state index is 12.5. The van der Waals surface area contributed by atoms with Crippen molar-refractivity contribution in [3.05, 3.63) is 28.8 Å². The molecule has 0 fully saturated rings. The summed E-state index contributed by atoms with van der Waals surface area (Å²) in [5.74, 6) is 0. The van der Waals surface area contributed by atoms with Gasteiger partial charge in [0.15, 0.2) is 0 Å². The topological polar surface area (TPSA) is 135 Å². The predicted molar refractivity (Wildman–Crippen MR) is 224 cm³/mol. The number of aliphatic hydroxyl groups excluding tert-OH is 1. The van der Waals surface area contributed by atoms with Gasteiger partial charge >= 0.3 is 0 Å². The molecule has 316 valence electrons. The van der Waals surface area contributed by atoms with E-state index in [1.165, 1.54) is 184 Å². The largest absolute Gasteiger partial charge is 0.870 e. The van der Waals surface area contributed by atoms with Gasteiger partial charge in [0, 0.05) is 27.8 Å². The first-order valence-electron chi connectivity index (χ1n) is 22.0. The Morgan fingerprint density at radius 2 is 0.698 bits per heavy atom. The van der Waals surface area contributed by atoms with Crippen molar-refractivity contribution in [2.24, 2.45) is 0 Å². The third kappa shape index (κ3) is 37.1. The Morgan fingerprint density at radius 3 is 0.981 bits per heavy atom. The zero-order valence-electron chi connectivity index (χ0n) is 35.6. The number of rotatable bonds is 34.